The number of aliphatic hydroxyl groups is 1. The van der Waals surface area contributed by atoms with Crippen LogP contribution in [0.4, 0.5) is 0 Å². The van der Waals surface area contributed by atoms with Gasteiger partial charge in [0.05, 0.1) is 13.0 Å². The summed E-state index contributed by atoms with van der Waals surface area (Å²) in [6, 6.07) is 4.31. The molecule has 0 spiro atoms. The van der Waals surface area contributed by atoms with Crippen molar-refractivity contribution >= 4 is 17.5 Å². The van der Waals surface area contributed by atoms with Gasteiger partial charge in [0.2, 0.25) is 0 Å². The molecule has 2 bridgehead atoms. The summed E-state index contributed by atoms with van der Waals surface area (Å²) in [4.78, 5) is 38.9. The van der Waals surface area contributed by atoms with Crippen molar-refractivity contribution in [2.75, 3.05) is 7.11 Å². The third-order valence-corrected chi connectivity index (χ3v) is 6.34. The summed E-state index contributed by atoms with van der Waals surface area (Å²) >= 11 is 0. The second-order valence-electron chi connectivity index (χ2n) is 7.26. The Kier molecular flexibility index (Phi) is 3.05. The van der Waals surface area contributed by atoms with Crippen molar-refractivity contribution in [2.45, 2.75) is 31.5 Å². The van der Waals surface area contributed by atoms with Crippen LogP contribution in [-0.4, -0.2) is 46.1 Å². The summed E-state index contributed by atoms with van der Waals surface area (Å²) in [5.74, 6) is -3.33. The Balaban J connectivity index is 2.07. The molecule has 7 nitrogen and oxygen atoms in total. The second-order valence-corrected chi connectivity index (χ2v) is 7.26. The minimum atomic E-state index is -1.90. The minimum Gasteiger partial charge on any atom is -0.507 e. The van der Waals surface area contributed by atoms with Gasteiger partial charge in [-0.1, -0.05) is 6.07 Å². The number of phenols is 1. The molecule has 0 aromatic heterocycles. The number of Topliss-reactive ketones (excluding diaryl/α,β-unsaturated/α-hetero) is 1. The van der Waals surface area contributed by atoms with E-state index in [0.717, 1.165) is 0 Å². The van der Waals surface area contributed by atoms with Gasteiger partial charge in [-0.15, -0.1) is 0 Å². The molecule has 26 heavy (non-hydrogen) atoms. The molecule has 1 heterocycles. The SMILES string of the molecule is COC(=O)C1CC23C(=O)C=C(C)C1(O)C2(C)Oc1cccc(O)c1C3=O. The van der Waals surface area contributed by atoms with Crippen LogP contribution in [0.3, 0.4) is 0 Å². The monoisotopic (exact) mass is 358 g/mol. The van der Waals surface area contributed by atoms with Gasteiger partial charge in [-0.25, -0.2) is 0 Å². The molecular formula is C19H18O7. The predicted octanol–water partition coefficient (Wildman–Crippen LogP) is 1.17. The van der Waals surface area contributed by atoms with Crippen LogP contribution >= 0.6 is 0 Å². The van der Waals surface area contributed by atoms with Gasteiger partial charge in [0, 0.05) is 0 Å². The number of ether oxygens (including phenoxy) is 2. The Hall–Kier alpha value is -2.67. The smallest absolute Gasteiger partial charge is 0.312 e. The number of hydrogen-bond donors (Lipinski definition) is 2. The van der Waals surface area contributed by atoms with Crippen LogP contribution in [0.2, 0.25) is 0 Å². The van der Waals surface area contributed by atoms with Crippen LogP contribution in [-0.2, 0) is 14.3 Å². The van der Waals surface area contributed by atoms with E-state index in [1.807, 2.05) is 0 Å². The molecule has 136 valence electrons. The average Bonchev–Trinajstić information content (AvgIpc) is 2.75. The standard InChI is InChI=1S/C19H18O7/c1-9-7-13(21)18-8-10(16(23)25-3)19(9,24)17(18,2)26-12-6-4-5-11(20)14(12)15(18)22/h4-7,10,20,24H,8H2,1-3H3. The quantitative estimate of drug-likeness (QED) is 0.573. The van der Waals surface area contributed by atoms with Crippen LogP contribution in [0, 0.1) is 11.3 Å². The van der Waals surface area contributed by atoms with E-state index >= 15 is 0 Å². The van der Waals surface area contributed by atoms with Crippen LogP contribution in [0.25, 0.3) is 0 Å². The number of rotatable bonds is 1. The van der Waals surface area contributed by atoms with E-state index in [1.54, 1.807) is 0 Å². The molecule has 3 aliphatic rings. The molecule has 0 amide bonds. The number of allylic oxidation sites excluding steroid dienone is 1. The molecule has 4 atom stereocenters. The first-order valence-corrected chi connectivity index (χ1v) is 8.24. The highest BCUT2D eigenvalue weighted by molar-refractivity contribution is 6.23. The Bertz CT molecular complexity index is 916. The summed E-state index contributed by atoms with van der Waals surface area (Å²) in [5, 5.41) is 21.7. The van der Waals surface area contributed by atoms with Gasteiger partial charge in [0.25, 0.3) is 0 Å². The van der Waals surface area contributed by atoms with Crippen LogP contribution in [0.5, 0.6) is 11.5 Å². The molecule has 1 aliphatic heterocycles. The van der Waals surface area contributed by atoms with Crippen molar-refractivity contribution in [1.29, 1.82) is 0 Å². The number of phenolic OH excluding ortho intramolecular Hbond substituents is 1. The number of methoxy groups -OCH3 is 1. The topological polar surface area (TPSA) is 110 Å². The first kappa shape index (κ1) is 16.8. The van der Waals surface area contributed by atoms with E-state index in [1.165, 1.54) is 45.2 Å². The van der Waals surface area contributed by atoms with Crippen molar-refractivity contribution in [3.05, 3.63) is 35.4 Å². The Morgan fingerprint density at radius 2 is 2.04 bits per heavy atom. The summed E-state index contributed by atoms with van der Waals surface area (Å²) < 4.78 is 10.8. The van der Waals surface area contributed by atoms with Crippen LogP contribution < -0.4 is 4.74 Å². The fourth-order valence-corrected chi connectivity index (χ4v) is 4.97. The van der Waals surface area contributed by atoms with E-state index in [-0.39, 0.29) is 29.1 Å². The molecular weight excluding hydrogens is 340 g/mol. The summed E-state index contributed by atoms with van der Waals surface area (Å²) in [6.45, 7) is 3.00. The highest BCUT2D eigenvalue weighted by Crippen LogP contribution is 2.66. The van der Waals surface area contributed by atoms with Crippen molar-refractivity contribution < 1.29 is 34.1 Å². The average molecular weight is 358 g/mol. The van der Waals surface area contributed by atoms with Gasteiger partial charge in [0.1, 0.15) is 28.1 Å². The molecule has 2 aliphatic carbocycles. The fraction of sp³-hybridized carbons (Fsp3) is 0.421. The van der Waals surface area contributed by atoms with Gasteiger partial charge >= 0.3 is 5.97 Å². The summed E-state index contributed by atoms with van der Waals surface area (Å²) in [6.07, 6.45) is 0.933. The minimum absolute atomic E-state index is 0.0690. The Labute approximate surface area is 149 Å². The normalized spacial score (nSPS) is 37.4. The zero-order valence-electron chi connectivity index (χ0n) is 14.5. The maximum absolute atomic E-state index is 13.4. The predicted molar refractivity (Wildman–Crippen MR) is 87.7 cm³/mol. The lowest BCUT2D eigenvalue weighted by Crippen LogP contribution is -2.70. The van der Waals surface area contributed by atoms with E-state index < -0.39 is 40.1 Å². The van der Waals surface area contributed by atoms with Crippen molar-refractivity contribution in [3.63, 3.8) is 0 Å². The van der Waals surface area contributed by atoms with Crippen molar-refractivity contribution in [1.82, 2.24) is 0 Å². The third kappa shape index (κ3) is 1.47. The number of ketones is 2. The molecule has 1 aromatic carbocycles. The number of fused-ring (bicyclic) bond motifs is 1. The molecule has 7 heteroatoms. The van der Waals surface area contributed by atoms with Crippen molar-refractivity contribution in [2.24, 2.45) is 11.3 Å². The number of carbonyl (C=O) groups excluding carboxylic acids is 3. The second kappa shape index (κ2) is 4.73. The van der Waals surface area contributed by atoms with E-state index in [0.29, 0.717) is 0 Å². The van der Waals surface area contributed by atoms with Gasteiger partial charge in [-0.05, 0) is 44.1 Å². The molecule has 0 radical (unpaired) electrons. The maximum Gasteiger partial charge on any atom is 0.312 e. The number of aromatic hydroxyl groups is 1. The molecule has 4 rings (SSSR count). The highest BCUT2D eigenvalue weighted by atomic mass is 16.5. The lowest BCUT2D eigenvalue weighted by atomic mass is 9.58. The first-order valence-electron chi connectivity index (χ1n) is 8.24. The highest BCUT2D eigenvalue weighted by Gasteiger charge is 2.82. The number of esters is 1. The Morgan fingerprint density at radius 3 is 2.69 bits per heavy atom. The number of benzene rings is 1. The first-order chi connectivity index (χ1) is 12.1. The molecule has 1 saturated carbocycles. The molecule has 2 N–H and O–H groups in total. The van der Waals surface area contributed by atoms with Crippen LogP contribution in [0.15, 0.2) is 29.8 Å². The van der Waals surface area contributed by atoms with Crippen molar-refractivity contribution in [3.8, 4) is 11.5 Å². The van der Waals surface area contributed by atoms with E-state index in [4.69, 9.17) is 9.47 Å². The largest absolute Gasteiger partial charge is 0.507 e. The number of hydrogen-bond acceptors (Lipinski definition) is 7. The summed E-state index contributed by atoms with van der Waals surface area (Å²) in [7, 11) is 1.18. The Morgan fingerprint density at radius 1 is 1.35 bits per heavy atom. The van der Waals surface area contributed by atoms with Gasteiger partial charge in [-0.2, -0.15) is 0 Å². The zero-order valence-corrected chi connectivity index (χ0v) is 14.5. The maximum atomic E-state index is 13.4. The van der Waals surface area contributed by atoms with Crippen LogP contribution in [0.1, 0.15) is 30.6 Å². The summed E-state index contributed by atoms with van der Waals surface area (Å²) in [5.41, 5.74) is -5.28. The van der Waals surface area contributed by atoms with E-state index in [2.05, 4.69) is 0 Å². The van der Waals surface area contributed by atoms with E-state index in [9.17, 15) is 24.6 Å². The van der Waals surface area contributed by atoms with Gasteiger partial charge in [0.15, 0.2) is 17.2 Å². The lowest BCUT2D eigenvalue weighted by molar-refractivity contribution is -0.171. The van der Waals surface area contributed by atoms with Gasteiger partial charge < -0.3 is 19.7 Å². The molecule has 1 aromatic rings. The molecule has 4 unspecified atom stereocenters. The zero-order chi connectivity index (χ0) is 19.1. The molecule has 1 fully saturated rings. The lowest BCUT2D eigenvalue weighted by Gasteiger charge is -2.53. The molecule has 0 saturated heterocycles. The fourth-order valence-electron chi connectivity index (χ4n) is 4.97. The van der Waals surface area contributed by atoms with Gasteiger partial charge in [-0.3, -0.25) is 14.4 Å². The number of carbonyl (C=O) groups is 3. The third-order valence-electron chi connectivity index (χ3n) is 6.34.